The zero-order valence-electron chi connectivity index (χ0n) is 5.85. The van der Waals surface area contributed by atoms with E-state index in [0.29, 0.717) is 6.42 Å². The zero-order valence-corrected chi connectivity index (χ0v) is 7.44. The first-order valence-corrected chi connectivity index (χ1v) is 4.29. The number of hydrogen-bond donors (Lipinski definition) is 0. The molecule has 1 aliphatic carbocycles. The van der Waals surface area contributed by atoms with Gasteiger partial charge >= 0.3 is 0 Å². The predicted octanol–water partition coefficient (Wildman–Crippen LogP) is 3.07. The Morgan fingerprint density at radius 2 is 1.82 bits per heavy atom. The summed E-state index contributed by atoms with van der Waals surface area (Å²) in [5, 5.41) is 0. The van der Waals surface area contributed by atoms with Crippen molar-refractivity contribution in [2.24, 2.45) is 0 Å². The van der Waals surface area contributed by atoms with E-state index in [1.54, 1.807) is 0 Å². The maximum atomic E-state index is 13.0. The Kier molecular flexibility index (Phi) is 1.53. The van der Waals surface area contributed by atoms with Crippen LogP contribution in [0.2, 0.25) is 0 Å². The van der Waals surface area contributed by atoms with E-state index in [1.807, 2.05) is 30.3 Å². The first kappa shape index (κ1) is 7.29. The lowest BCUT2D eigenvalue weighted by atomic mass is 10.1. The molecule has 1 unspecified atom stereocenters. The molecule has 2 rings (SSSR count). The van der Waals surface area contributed by atoms with Crippen LogP contribution in [0.25, 0.3) is 0 Å². The molecule has 0 saturated heterocycles. The maximum Gasteiger partial charge on any atom is 0.176 e. The third-order valence-electron chi connectivity index (χ3n) is 1.84. The van der Waals surface area contributed by atoms with Crippen molar-refractivity contribution >= 4 is 15.9 Å². The maximum absolute atomic E-state index is 13.0. The Morgan fingerprint density at radius 3 is 2.27 bits per heavy atom. The van der Waals surface area contributed by atoms with Gasteiger partial charge in [-0.15, -0.1) is 0 Å². The van der Waals surface area contributed by atoms with Crippen LogP contribution < -0.4 is 0 Å². The molecule has 0 nitrogen and oxygen atoms in total. The van der Waals surface area contributed by atoms with Crippen molar-refractivity contribution in [1.29, 1.82) is 0 Å². The van der Waals surface area contributed by atoms with Crippen molar-refractivity contribution in [3.8, 4) is 0 Å². The number of rotatable bonds is 1. The van der Waals surface area contributed by atoms with Gasteiger partial charge in [-0.25, -0.2) is 4.39 Å². The molecule has 11 heavy (non-hydrogen) atoms. The van der Waals surface area contributed by atoms with Crippen LogP contribution in [-0.2, 0) is 0 Å². The Balaban J connectivity index is 2.21. The Hall–Kier alpha value is -0.370. The number of hydrogen-bond acceptors (Lipinski definition) is 0. The SMILES string of the molecule is FC1(Br)C[C]1c1ccccc1. The van der Waals surface area contributed by atoms with E-state index in [4.69, 9.17) is 0 Å². The number of halogens is 2. The average molecular weight is 214 g/mol. The van der Waals surface area contributed by atoms with E-state index >= 15 is 0 Å². The Morgan fingerprint density at radius 1 is 1.27 bits per heavy atom. The largest absolute Gasteiger partial charge is 0.230 e. The van der Waals surface area contributed by atoms with E-state index in [9.17, 15) is 4.39 Å². The van der Waals surface area contributed by atoms with Crippen LogP contribution in [0.15, 0.2) is 30.3 Å². The minimum atomic E-state index is -1.20. The quantitative estimate of drug-likeness (QED) is 0.630. The van der Waals surface area contributed by atoms with Gasteiger partial charge in [-0.3, -0.25) is 0 Å². The van der Waals surface area contributed by atoms with Crippen molar-refractivity contribution in [2.45, 2.75) is 11.0 Å². The summed E-state index contributed by atoms with van der Waals surface area (Å²) in [6, 6.07) is 9.63. The molecule has 2 heteroatoms. The van der Waals surface area contributed by atoms with Crippen LogP contribution in [0.5, 0.6) is 0 Å². The van der Waals surface area contributed by atoms with Gasteiger partial charge in [0.1, 0.15) is 0 Å². The Labute approximate surface area is 73.6 Å². The topological polar surface area (TPSA) is 0 Å². The molecular formula is C9H7BrF. The van der Waals surface area contributed by atoms with E-state index in [0.717, 1.165) is 11.5 Å². The first-order chi connectivity index (χ1) is 5.20. The summed E-state index contributed by atoms with van der Waals surface area (Å²) in [6.45, 7) is 0. The zero-order chi connectivity index (χ0) is 7.90. The van der Waals surface area contributed by atoms with Gasteiger partial charge in [0.15, 0.2) is 4.58 Å². The third-order valence-corrected chi connectivity index (χ3v) is 2.60. The van der Waals surface area contributed by atoms with Gasteiger partial charge in [-0.2, -0.15) is 0 Å². The lowest BCUT2D eigenvalue weighted by Gasteiger charge is -1.96. The van der Waals surface area contributed by atoms with E-state index in [-0.39, 0.29) is 0 Å². The second-order valence-corrected chi connectivity index (χ2v) is 3.98. The lowest BCUT2D eigenvalue weighted by molar-refractivity contribution is 0.456. The van der Waals surface area contributed by atoms with Gasteiger partial charge in [-0.05, 0) is 21.5 Å². The standard InChI is InChI=1S/C9H7BrF/c10-9(11)6-8(9)7-4-2-1-3-5-7/h1-5H,6H2. The minimum Gasteiger partial charge on any atom is -0.230 e. The molecule has 1 atom stereocenters. The van der Waals surface area contributed by atoms with Crippen molar-refractivity contribution in [2.75, 3.05) is 0 Å². The van der Waals surface area contributed by atoms with Gasteiger partial charge in [0.2, 0.25) is 0 Å². The monoisotopic (exact) mass is 213 g/mol. The summed E-state index contributed by atoms with van der Waals surface area (Å²) < 4.78 is 11.8. The molecule has 1 fully saturated rings. The highest BCUT2D eigenvalue weighted by atomic mass is 79.9. The van der Waals surface area contributed by atoms with Crippen molar-refractivity contribution in [1.82, 2.24) is 0 Å². The summed E-state index contributed by atoms with van der Waals surface area (Å²) in [5.74, 6) is 0.859. The molecule has 0 spiro atoms. The average Bonchev–Trinajstić information content (AvgIpc) is 2.62. The van der Waals surface area contributed by atoms with Crippen LogP contribution >= 0.6 is 15.9 Å². The highest BCUT2D eigenvalue weighted by Crippen LogP contribution is 2.57. The normalized spacial score (nSPS) is 30.4. The van der Waals surface area contributed by atoms with Crippen LogP contribution in [0.3, 0.4) is 0 Å². The van der Waals surface area contributed by atoms with Crippen LogP contribution in [-0.4, -0.2) is 4.58 Å². The van der Waals surface area contributed by atoms with E-state index in [1.165, 1.54) is 0 Å². The smallest absolute Gasteiger partial charge is 0.176 e. The molecule has 0 bridgehead atoms. The summed E-state index contributed by atoms with van der Waals surface area (Å²) in [5.41, 5.74) is 1.01. The van der Waals surface area contributed by atoms with Crippen molar-refractivity contribution in [3.05, 3.63) is 41.8 Å². The van der Waals surface area contributed by atoms with Crippen LogP contribution in [0.4, 0.5) is 4.39 Å². The van der Waals surface area contributed by atoms with E-state index < -0.39 is 4.58 Å². The summed E-state index contributed by atoms with van der Waals surface area (Å²) in [6.07, 6.45) is 0.525. The Bertz CT molecular complexity index is 256. The van der Waals surface area contributed by atoms with Crippen molar-refractivity contribution < 1.29 is 4.39 Å². The summed E-state index contributed by atoms with van der Waals surface area (Å²) in [7, 11) is 0. The molecule has 1 radical (unpaired) electrons. The fourth-order valence-electron chi connectivity index (χ4n) is 1.13. The molecule has 1 aliphatic rings. The van der Waals surface area contributed by atoms with Crippen molar-refractivity contribution in [3.63, 3.8) is 0 Å². The molecule has 0 aromatic heterocycles. The van der Waals surface area contributed by atoms with E-state index in [2.05, 4.69) is 15.9 Å². The van der Waals surface area contributed by atoms with Gasteiger partial charge in [0.25, 0.3) is 0 Å². The molecular weight excluding hydrogens is 207 g/mol. The molecule has 1 aromatic carbocycles. The van der Waals surface area contributed by atoms with Crippen LogP contribution in [0, 0.1) is 5.92 Å². The first-order valence-electron chi connectivity index (χ1n) is 3.50. The highest BCUT2D eigenvalue weighted by Gasteiger charge is 2.54. The molecule has 57 valence electrons. The molecule has 0 amide bonds. The fourth-order valence-corrected chi connectivity index (χ4v) is 1.64. The molecule has 1 saturated carbocycles. The molecule has 0 N–H and O–H groups in total. The lowest BCUT2D eigenvalue weighted by Crippen LogP contribution is -1.89. The van der Waals surface area contributed by atoms with Crippen LogP contribution in [0.1, 0.15) is 12.0 Å². The second-order valence-electron chi connectivity index (χ2n) is 2.73. The van der Waals surface area contributed by atoms with Gasteiger partial charge in [0.05, 0.1) is 5.92 Å². The summed E-state index contributed by atoms with van der Waals surface area (Å²) >= 11 is 2.99. The molecule has 0 heterocycles. The van der Waals surface area contributed by atoms with Gasteiger partial charge in [-0.1, -0.05) is 30.3 Å². The minimum absolute atomic E-state index is 0.525. The highest BCUT2D eigenvalue weighted by molar-refractivity contribution is 9.10. The van der Waals surface area contributed by atoms with Gasteiger partial charge in [0, 0.05) is 6.42 Å². The third kappa shape index (κ3) is 1.32. The molecule has 1 aromatic rings. The molecule has 0 aliphatic heterocycles. The second kappa shape index (κ2) is 2.31. The predicted molar refractivity (Wildman–Crippen MR) is 46.2 cm³/mol. The van der Waals surface area contributed by atoms with Gasteiger partial charge < -0.3 is 0 Å². The summed E-state index contributed by atoms with van der Waals surface area (Å²) in [4.78, 5) is 0. The fraction of sp³-hybridized carbons (Fsp3) is 0.222. The number of benzene rings is 1. The number of alkyl halides is 2.